The third kappa shape index (κ3) is 3.02. The van der Waals surface area contributed by atoms with Gasteiger partial charge in [0.15, 0.2) is 0 Å². The Morgan fingerprint density at radius 2 is 1.94 bits per heavy atom. The topological polar surface area (TPSA) is 42.7 Å². The summed E-state index contributed by atoms with van der Waals surface area (Å²) in [7, 11) is 3.77. The Hall–Kier alpha value is -1.10. The van der Waals surface area contributed by atoms with Crippen LogP contribution < -0.4 is 5.32 Å². The summed E-state index contributed by atoms with van der Waals surface area (Å²) in [5.74, 6) is 0.908. The maximum absolute atomic E-state index is 6.02. The van der Waals surface area contributed by atoms with Gasteiger partial charge in [0.25, 0.3) is 0 Å². The van der Waals surface area contributed by atoms with Gasteiger partial charge in [-0.3, -0.25) is 4.68 Å². The molecular weight excluding hydrogens is 271 g/mol. The van der Waals surface area contributed by atoms with Crippen molar-refractivity contribution in [1.29, 1.82) is 0 Å². The van der Waals surface area contributed by atoms with Gasteiger partial charge in [-0.25, -0.2) is 4.98 Å². The average molecular weight is 285 g/mol. The van der Waals surface area contributed by atoms with Gasteiger partial charge < -0.3 is 5.32 Å². The number of halogens is 2. The normalized spacial score (nSPS) is 12.7. The number of nitrogens with zero attached hydrogens (tertiary/aromatic N) is 3. The van der Waals surface area contributed by atoms with Crippen molar-refractivity contribution >= 4 is 23.2 Å². The molecule has 1 atom stereocenters. The second-order valence-corrected chi connectivity index (χ2v) is 4.92. The van der Waals surface area contributed by atoms with Crippen molar-refractivity contribution in [2.45, 2.75) is 12.5 Å². The van der Waals surface area contributed by atoms with E-state index in [1.807, 2.05) is 26.2 Å². The van der Waals surface area contributed by atoms with Gasteiger partial charge in [-0.1, -0.05) is 23.2 Å². The lowest BCUT2D eigenvalue weighted by molar-refractivity contribution is 0.553. The van der Waals surface area contributed by atoms with E-state index < -0.39 is 0 Å². The Labute approximate surface area is 116 Å². The average Bonchev–Trinajstić information content (AvgIpc) is 2.70. The van der Waals surface area contributed by atoms with Crippen LogP contribution in [0.4, 0.5) is 0 Å². The molecule has 0 saturated heterocycles. The number of benzene rings is 1. The van der Waals surface area contributed by atoms with Crippen LogP contribution in [0.1, 0.15) is 17.4 Å². The van der Waals surface area contributed by atoms with Gasteiger partial charge in [0.05, 0.1) is 0 Å². The Morgan fingerprint density at radius 1 is 1.28 bits per heavy atom. The van der Waals surface area contributed by atoms with Gasteiger partial charge >= 0.3 is 0 Å². The summed E-state index contributed by atoms with van der Waals surface area (Å²) in [6.45, 7) is 0. The van der Waals surface area contributed by atoms with Crippen LogP contribution in [0.25, 0.3) is 0 Å². The lowest BCUT2D eigenvalue weighted by Crippen LogP contribution is -2.20. The van der Waals surface area contributed by atoms with E-state index in [0.29, 0.717) is 10.0 Å². The molecule has 96 valence electrons. The first-order valence-electron chi connectivity index (χ1n) is 5.56. The third-order valence-corrected chi connectivity index (χ3v) is 3.26. The van der Waals surface area contributed by atoms with Crippen molar-refractivity contribution < 1.29 is 0 Å². The summed E-state index contributed by atoms with van der Waals surface area (Å²) >= 11 is 12.0. The highest BCUT2D eigenvalue weighted by molar-refractivity contribution is 6.34. The van der Waals surface area contributed by atoms with Crippen molar-refractivity contribution in [3.8, 4) is 0 Å². The van der Waals surface area contributed by atoms with E-state index in [4.69, 9.17) is 23.2 Å². The van der Waals surface area contributed by atoms with Crippen molar-refractivity contribution in [2.24, 2.45) is 7.05 Å². The first-order valence-corrected chi connectivity index (χ1v) is 6.32. The highest BCUT2D eigenvalue weighted by atomic mass is 35.5. The predicted octanol–water partition coefficient (Wildman–Crippen LogP) is 2.63. The van der Waals surface area contributed by atoms with Crippen molar-refractivity contribution in [1.82, 2.24) is 20.1 Å². The quantitative estimate of drug-likeness (QED) is 0.939. The fourth-order valence-electron chi connectivity index (χ4n) is 1.85. The van der Waals surface area contributed by atoms with E-state index in [1.54, 1.807) is 17.1 Å². The van der Waals surface area contributed by atoms with Crippen LogP contribution >= 0.6 is 23.2 Å². The van der Waals surface area contributed by atoms with E-state index in [2.05, 4.69) is 15.4 Å². The fraction of sp³-hybridized carbons (Fsp3) is 0.333. The molecule has 4 nitrogen and oxygen atoms in total. The molecule has 0 aliphatic heterocycles. The minimum absolute atomic E-state index is 0.101. The summed E-state index contributed by atoms with van der Waals surface area (Å²) in [5, 5.41) is 8.57. The van der Waals surface area contributed by atoms with Gasteiger partial charge in [0.1, 0.15) is 12.2 Å². The number of nitrogens with one attached hydrogen (secondary N) is 1. The zero-order valence-corrected chi connectivity index (χ0v) is 11.7. The summed E-state index contributed by atoms with van der Waals surface area (Å²) in [5.41, 5.74) is 1.04. The first kappa shape index (κ1) is 13.3. The molecule has 1 aromatic carbocycles. The Kier molecular flexibility index (Phi) is 4.22. The second-order valence-electron chi connectivity index (χ2n) is 4.05. The minimum atomic E-state index is 0.101. The smallest absolute Gasteiger partial charge is 0.138 e. The second kappa shape index (κ2) is 5.69. The highest BCUT2D eigenvalue weighted by Gasteiger charge is 2.14. The number of aromatic nitrogens is 3. The standard InChI is InChI=1S/C12H14Cl2N4/c1-15-11(6-12-16-7-17-18(12)2)8-3-9(13)5-10(14)4-8/h3-5,7,11,15H,6H2,1-2H3. The molecule has 2 rings (SSSR count). The molecule has 0 radical (unpaired) electrons. The van der Waals surface area contributed by atoms with Gasteiger partial charge in [-0.05, 0) is 30.8 Å². The Morgan fingerprint density at radius 3 is 2.44 bits per heavy atom. The lowest BCUT2D eigenvalue weighted by atomic mass is 10.0. The molecule has 2 aromatic rings. The summed E-state index contributed by atoms with van der Waals surface area (Å²) in [6, 6.07) is 5.64. The molecule has 18 heavy (non-hydrogen) atoms. The van der Waals surface area contributed by atoms with Crippen LogP contribution in [0, 0.1) is 0 Å². The maximum Gasteiger partial charge on any atom is 0.138 e. The molecular formula is C12H14Cl2N4. The zero-order chi connectivity index (χ0) is 13.1. The van der Waals surface area contributed by atoms with Crippen LogP contribution in [0.2, 0.25) is 10.0 Å². The van der Waals surface area contributed by atoms with Crippen molar-refractivity contribution in [3.05, 3.63) is 46.0 Å². The van der Waals surface area contributed by atoms with Crippen molar-refractivity contribution in [3.63, 3.8) is 0 Å². The molecule has 0 bridgehead atoms. The zero-order valence-electron chi connectivity index (χ0n) is 10.2. The molecule has 1 heterocycles. The van der Waals surface area contributed by atoms with Crippen LogP contribution in [-0.4, -0.2) is 21.8 Å². The number of aryl methyl sites for hydroxylation is 1. The summed E-state index contributed by atoms with van der Waals surface area (Å²) < 4.78 is 1.76. The van der Waals surface area contributed by atoms with Gasteiger partial charge in [-0.2, -0.15) is 5.10 Å². The molecule has 0 fully saturated rings. The van der Waals surface area contributed by atoms with Gasteiger partial charge in [0.2, 0.25) is 0 Å². The molecule has 0 aliphatic rings. The SMILES string of the molecule is CNC(Cc1ncnn1C)c1cc(Cl)cc(Cl)c1. The van der Waals surface area contributed by atoms with E-state index in [9.17, 15) is 0 Å². The molecule has 1 unspecified atom stereocenters. The van der Waals surface area contributed by atoms with E-state index in [-0.39, 0.29) is 6.04 Å². The fourth-order valence-corrected chi connectivity index (χ4v) is 2.39. The van der Waals surface area contributed by atoms with Crippen molar-refractivity contribution in [2.75, 3.05) is 7.05 Å². The van der Waals surface area contributed by atoms with E-state index >= 15 is 0 Å². The van der Waals surface area contributed by atoms with Crippen LogP contribution in [0.3, 0.4) is 0 Å². The minimum Gasteiger partial charge on any atom is -0.313 e. The molecule has 0 spiro atoms. The molecule has 1 N–H and O–H groups in total. The first-order chi connectivity index (χ1) is 8.60. The molecule has 6 heteroatoms. The van der Waals surface area contributed by atoms with Gasteiger partial charge in [0, 0.05) is 29.6 Å². The van der Waals surface area contributed by atoms with E-state index in [1.165, 1.54) is 0 Å². The third-order valence-electron chi connectivity index (χ3n) is 2.83. The van der Waals surface area contributed by atoms with Crippen LogP contribution in [0.15, 0.2) is 24.5 Å². The maximum atomic E-state index is 6.02. The van der Waals surface area contributed by atoms with Crippen LogP contribution in [-0.2, 0) is 13.5 Å². The summed E-state index contributed by atoms with van der Waals surface area (Å²) in [4.78, 5) is 4.22. The van der Waals surface area contributed by atoms with Crippen LogP contribution in [0.5, 0.6) is 0 Å². The predicted molar refractivity (Wildman–Crippen MR) is 73.0 cm³/mol. The lowest BCUT2D eigenvalue weighted by Gasteiger charge is -2.16. The molecule has 0 amide bonds. The Balaban J connectivity index is 2.25. The molecule has 0 aliphatic carbocycles. The number of rotatable bonds is 4. The number of likely N-dealkylation sites (N-methyl/N-ethyl adjacent to an activating group) is 1. The summed E-state index contributed by atoms with van der Waals surface area (Å²) in [6.07, 6.45) is 2.27. The van der Waals surface area contributed by atoms with Gasteiger partial charge in [-0.15, -0.1) is 0 Å². The largest absolute Gasteiger partial charge is 0.313 e. The Bertz CT molecular complexity index is 518. The highest BCUT2D eigenvalue weighted by Crippen LogP contribution is 2.25. The molecule has 0 saturated carbocycles. The van der Waals surface area contributed by atoms with E-state index in [0.717, 1.165) is 17.8 Å². The number of hydrogen-bond donors (Lipinski definition) is 1. The number of hydrogen-bond acceptors (Lipinski definition) is 3. The monoisotopic (exact) mass is 284 g/mol. The molecule has 1 aromatic heterocycles.